The predicted octanol–water partition coefficient (Wildman–Crippen LogP) is 1.51. The van der Waals surface area contributed by atoms with Crippen LogP contribution in [-0.2, 0) is 4.79 Å². The Hall–Kier alpha value is -0.570. The minimum absolute atomic E-state index is 0.111. The van der Waals surface area contributed by atoms with Crippen molar-refractivity contribution in [3.8, 4) is 0 Å². The Kier molecular flexibility index (Phi) is 4.39. The molecule has 2 N–H and O–H groups in total. The van der Waals surface area contributed by atoms with Crippen molar-refractivity contribution < 1.29 is 4.79 Å². The number of likely N-dealkylation sites (N-methyl/N-ethyl adjacent to an activating group) is 1. The fraction of sp³-hybridized carbons (Fsp3) is 0.909. The van der Waals surface area contributed by atoms with Crippen LogP contribution in [0.25, 0.3) is 0 Å². The van der Waals surface area contributed by atoms with E-state index in [-0.39, 0.29) is 11.9 Å². The van der Waals surface area contributed by atoms with Crippen LogP contribution in [0.2, 0.25) is 0 Å². The second-order valence-corrected chi connectivity index (χ2v) is 4.20. The molecule has 0 unspecified atom stereocenters. The Morgan fingerprint density at radius 1 is 1.43 bits per heavy atom. The normalized spacial score (nSPS) is 20.5. The second-order valence-electron chi connectivity index (χ2n) is 4.20. The average Bonchev–Trinajstić information content (AvgIpc) is 2.20. The largest absolute Gasteiger partial charge is 0.339 e. The zero-order valence-electron chi connectivity index (χ0n) is 9.33. The summed E-state index contributed by atoms with van der Waals surface area (Å²) in [7, 11) is 0. The first kappa shape index (κ1) is 11.5. The van der Waals surface area contributed by atoms with Gasteiger partial charge in [0.15, 0.2) is 0 Å². The molecule has 1 saturated carbocycles. The molecule has 3 nitrogen and oxygen atoms in total. The monoisotopic (exact) mass is 198 g/mol. The average molecular weight is 198 g/mol. The molecule has 1 atom stereocenters. The molecule has 1 aliphatic carbocycles. The Balaban J connectivity index is 2.55. The third-order valence-corrected chi connectivity index (χ3v) is 3.03. The Morgan fingerprint density at radius 2 is 2.00 bits per heavy atom. The molecule has 82 valence electrons. The molecule has 1 rings (SSSR count). The maximum absolute atomic E-state index is 11.8. The maximum Gasteiger partial charge on any atom is 0.239 e. The van der Waals surface area contributed by atoms with Crippen LogP contribution in [0.15, 0.2) is 0 Å². The number of nitrogens with two attached hydrogens (primary N) is 1. The second kappa shape index (κ2) is 5.35. The quantitative estimate of drug-likeness (QED) is 0.747. The van der Waals surface area contributed by atoms with Crippen molar-refractivity contribution in [1.82, 2.24) is 4.90 Å². The number of amides is 1. The van der Waals surface area contributed by atoms with Crippen LogP contribution in [0.3, 0.4) is 0 Å². The fourth-order valence-electron chi connectivity index (χ4n) is 2.25. The SMILES string of the molecule is CCN(C(=O)[C@H](C)N)C1CCCCC1. The number of hydrogen-bond donors (Lipinski definition) is 1. The standard InChI is InChI=1S/C11H22N2O/c1-3-13(11(14)9(2)12)10-7-5-4-6-8-10/h9-10H,3-8,12H2,1-2H3/t9-/m0/s1. The number of nitrogens with zero attached hydrogens (tertiary/aromatic N) is 1. The number of rotatable bonds is 3. The zero-order valence-corrected chi connectivity index (χ0v) is 9.33. The smallest absolute Gasteiger partial charge is 0.239 e. The minimum Gasteiger partial charge on any atom is -0.339 e. The van der Waals surface area contributed by atoms with Gasteiger partial charge in [-0.15, -0.1) is 0 Å². The number of carbonyl (C=O) groups is 1. The molecule has 0 aromatic heterocycles. The molecule has 14 heavy (non-hydrogen) atoms. The van der Waals surface area contributed by atoms with Crippen molar-refractivity contribution >= 4 is 5.91 Å². The Labute approximate surface area is 86.6 Å². The summed E-state index contributed by atoms with van der Waals surface area (Å²) in [5.41, 5.74) is 5.63. The van der Waals surface area contributed by atoms with Gasteiger partial charge >= 0.3 is 0 Å². The lowest BCUT2D eigenvalue weighted by molar-refractivity contribution is -0.134. The van der Waals surface area contributed by atoms with Crippen LogP contribution in [0.5, 0.6) is 0 Å². The van der Waals surface area contributed by atoms with Gasteiger partial charge in [0.25, 0.3) is 0 Å². The number of hydrogen-bond acceptors (Lipinski definition) is 2. The molecular weight excluding hydrogens is 176 g/mol. The highest BCUT2D eigenvalue weighted by atomic mass is 16.2. The molecule has 1 amide bonds. The van der Waals surface area contributed by atoms with E-state index in [1.54, 1.807) is 6.92 Å². The van der Waals surface area contributed by atoms with Gasteiger partial charge in [-0.25, -0.2) is 0 Å². The molecule has 0 aromatic carbocycles. The van der Waals surface area contributed by atoms with Gasteiger partial charge in [0.2, 0.25) is 5.91 Å². The molecular formula is C11H22N2O. The van der Waals surface area contributed by atoms with Crippen LogP contribution in [0, 0.1) is 0 Å². The minimum atomic E-state index is -0.350. The van der Waals surface area contributed by atoms with Gasteiger partial charge in [0.1, 0.15) is 0 Å². The summed E-state index contributed by atoms with van der Waals surface area (Å²) in [5.74, 6) is 0.111. The van der Waals surface area contributed by atoms with E-state index in [1.807, 2.05) is 11.8 Å². The molecule has 0 saturated heterocycles. The fourth-order valence-corrected chi connectivity index (χ4v) is 2.25. The predicted molar refractivity (Wildman–Crippen MR) is 57.9 cm³/mol. The molecule has 3 heteroatoms. The van der Waals surface area contributed by atoms with Crippen LogP contribution in [-0.4, -0.2) is 29.4 Å². The molecule has 0 spiro atoms. The van der Waals surface area contributed by atoms with Crippen molar-refractivity contribution in [2.24, 2.45) is 5.73 Å². The van der Waals surface area contributed by atoms with Crippen molar-refractivity contribution in [2.75, 3.05) is 6.54 Å². The third kappa shape index (κ3) is 2.71. The van der Waals surface area contributed by atoms with Gasteiger partial charge in [-0.05, 0) is 26.7 Å². The van der Waals surface area contributed by atoms with E-state index in [4.69, 9.17) is 5.73 Å². The van der Waals surface area contributed by atoms with Gasteiger partial charge in [-0.1, -0.05) is 19.3 Å². The third-order valence-electron chi connectivity index (χ3n) is 3.03. The van der Waals surface area contributed by atoms with E-state index in [2.05, 4.69) is 0 Å². The van der Waals surface area contributed by atoms with Crippen molar-refractivity contribution in [3.63, 3.8) is 0 Å². The molecule has 1 aliphatic rings. The summed E-state index contributed by atoms with van der Waals surface area (Å²) in [6, 6.07) is 0.101. The van der Waals surface area contributed by atoms with E-state index in [0.29, 0.717) is 6.04 Å². The van der Waals surface area contributed by atoms with Crippen molar-refractivity contribution in [2.45, 2.75) is 58.0 Å². The molecule has 0 bridgehead atoms. The van der Waals surface area contributed by atoms with Gasteiger partial charge in [0.05, 0.1) is 6.04 Å². The van der Waals surface area contributed by atoms with E-state index >= 15 is 0 Å². The van der Waals surface area contributed by atoms with E-state index < -0.39 is 0 Å². The lowest BCUT2D eigenvalue weighted by Gasteiger charge is -2.34. The first-order valence-electron chi connectivity index (χ1n) is 5.73. The maximum atomic E-state index is 11.8. The molecule has 0 aromatic rings. The van der Waals surface area contributed by atoms with Gasteiger partial charge in [-0.3, -0.25) is 4.79 Å². The van der Waals surface area contributed by atoms with E-state index in [0.717, 1.165) is 19.4 Å². The summed E-state index contributed by atoms with van der Waals surface area (Å²) >= 11 is 0. The molecule has 0 aliphatic heterocycles. The lowest BCUT2D eigenvalue weighted by atomic mass is 9.94. The van der Waals surface area contributed by atoms with Crippen LogP contribution in [0.1, 0.15) is 46.0 Å². The highest BCUT2D eigenvalue weighted by Gasteiger charge is 2.25. The highest BCUT2D eigenvalue weighted by Crippen LogP contribution is 2.22. The zero-order chi connectivity index (χ0) is 10.6. The number of carbonyl (C=O) groups excluding carboxylic acids is 1. The van der Waals surface area contributed by atoms with Crippen LogP contribution in [0.4, 0.5) is 0 Å². The molecule has 0 heterocycles. The van der Waals surface area contributed by atoms with E-state index in [9.17, 15) is 4.79 Å². The topological polar surface area (TPSA) is 46.3 Å². The Morgan fingerprint density at radius 3 is 2.43 bits per heavy atom. The van der Waals surface area contributed by atoms with Crippen LogP contribution >= 0.6 is 0 Å². The first-order valence-corrected chi connectivity index (χ1v) is 5.73. The van der Waals surface area contributed by atoms with Crippen molar-refractivity contribution in [1.29, 1.82) is 0 Å². The molecule has 1 fully saturated rings. The first-order chi connectivity index (χ1) is 6.66. The van der Waals surface area contributed by atoms with E-state index in [1.165, 1.54) is 19.3 Å². The Bertz CT molecular complexity index is 186. The van der Waals surface area contributed by atoms with Gasteiger partial charge in [0, 0.05) is 12.6 Å². The lowest BCUT2D eigenvalue weighted by Crippen LogP contribution is -2.48. The van der Waals surface area contributed by atoms with Gasteiger partial charge in [-0.2, -0.15) is 0 Å². The van der Waals surface area contributed by atoms with Crippen LogP contribution < -0.4 is 5.73 Å². The highest BCUT2D eigenvalue weighted by molar-refractivity contribution is 5.81. The summed E-state index contributed by atoms with van der Waals surface area (Å²) in [5, 5.41) is 0. The summed E-state index contributed by atoms with van der Waals surface area (Å²) in [4.78, 5) is 13.7. The summed E-state index contributed by atoms with van der Waals surface area (Å²) in [6.45, 7) is 4.60. The summed E-state index contributed by atoms with van der Waals surface area (Å²) in [6.07, 6.45) is 6.15. The summed E-state index contributed by atoms with van der Waals surface area (Å²) < 4.78 is 0. The van der Waals surface area contributed by atoms with Crippen molar-refractivity contribution in [3.05, 3.63) is 0 Å². The molecule has 0 radical (unpaired) electrons. The van der Waals surface area contributed by atoms with Gasteiger partial charge < -0.3 is 10.6 Å².